The molecule has 1 saturated carbocycles. The molecule has 0 aromatic carbocycles. The number of alkyl carbamates (subject to hydrolysis) is 1. The molecule has 1 fully saturated rings. The summed E-state index contributed by atoms with van der Waals surface area (Å²) in [7, 11) is 1.36. The molecule has 0 aliphatic heterocycles. The molecular weight excluding hydrogens is 182 g/mol. The van der Waals surface area contributed by atoms with Gasteiger partial charge in [0, 0.05) is 12.0 Å². The van der Waals surface area contributed by atoms with Gasteiger partial charge in [0.05, 0.1) is 7.11 Å². The standard InChI is InChI=1S/C10H17NO3/c1-7(12)8-3-5-9(6-4-8)11-10(13)14-2/h8-9H,3-6H2,1-2H3,(H,11,13)/t8-,9-. The van der Waals surface area contributed by atoms with E-state index in [9.17, 15) is 9.59 Å². The van der Waals surface area contributed by atoms with Crippen LogP contribution < -0.4 is 5.32 Å². The topological polar surface area (TPSA) is 55.4 Å². The number of ketones is 1. The van der Waals surface area contributed by atoms with Gasteiger partial charge in [0.1, 0.15) is 5.78 Å². The molecule has 1 N–H and O–H groups in total. The van der Waals surface area contributed by atoms with Crippen molar-refractivity contribution < 1.29 is 14.3 Å². The molecule has 0 aromatic heterocycles. The molecule has 1 amide bonds. The fraction of sp³-hybridized carbons (Fsp3) is 0.800. The van der Waals surface area contributed by atoms with Crippen molar-refractivity contribution >= 4 is 11.9 Å². The SMILES string of the molecule is COC(=O)N[C@H]1CC[C@H](C(C)=O)CC1. The van der Waals surface area contributed by atoms with Gasteiger partial charge in [-0.15, -0.1) is 0 Å². The average Bonchev–Trinajstić information content (AvgIpc) is 2.18. The lowest BCUT2D eigenvalue weighted by Crippen LogP contribution is -2.38. The minimum absolute atomic E-state index is 0.179. The van der Waals surface area contributed by atoms with Gasteiger partial charge in [-0.1, -0.05) is 0 Å². The molecule has 0 radical (unpaired) electrons. The minimum atomic E-state index is -0.378. The smallest absolute Gasteiger partial charge is 0.407 e. The second-order valence-corrected chi connectivity index (χ2v) is 3.80. The van der Waals surface area contributed by atoms with E-state index >= 15 is 0 Å². The first-order valence-corrected chi connectivity index (χ1v) is 4.98. The van der Waals surface area contributed by atoms with Crippen LogP contribution in [0.15, 0.2) is 0 Å². The maximum absolute atomic E-state index is 11.1. The monoisotopic (exact) mass is 199 g/mol. The predicted octanol–water partition coefficient (Wildman–Crippen LogP) is 1.49. The number of carbonyl (C=O) groups excluding carboxylic acids is 2. The molecule has 1 aliphatic rings. The Morgan fingerprint density at radius 1 is 1.21 bits per heavy atom. The maximum atomic E-state index is 11.1. The van der Waals surface area contributed by atoms with Crippen LogP contribution in [0.3, 0.4) is 0 Å². The molecule has 0 heterocycles. The fourth-order valence-corrected chi connectivity index (χ4v) is 1.87. The number of methoxy groups -OCH3 is 1. The van der Waals surface area contributed by atoms with Crippen molar-refractivity contribution in [3.05, 3.63) is 0 Å². The Kier molecular flexibility index (Phi) is 3.92. The van der Waals surface area contributed by atoms with E-state index in [4.69, 9.17) is 0 Å². The Morgan fingerprint density at radius 3 is 2.21 bits per heavy atom. The van der Waals surface area contributed by atoms with E-state index in [1.807, 2.05) is 0 Å². The van der Waals surface area contributed by atoms with Crippen molar-refractivity contribution in [2.24, 2.45) is 5.92 Å². The lowest BCUT2D eigenvalue weighted by molar-refractivity contribution is -0.121. The Morgan fingerprint density at radius 2 is 1.79 bits per heavy atom. The Hall–Kier alpha value is -1.06. The Balaban J connectivity index is 2.29. The highest BCUT2D eigenvalue weighted by Gasteiger charge is 2.24. The minimum Gasteiger partial charge on any atom is -0.453 e. The summed E-state index contributed by atoms with van der Waals surface area (Å²) >= 11 is 0. The molecule has 4 heteroatoms. The van der Waals surface area contributed by atoms with Crippen LogP contribution in [0.2, 0.25) is 0 Å². The molecule has 0 aromatic rings. The first kappa shape index (κ1) is 11.0. The molecule has 80 valence electrons. The zero-order chi connectivity index (χ0) is 10.6. The molecule has 0 unspecified atom stereocenters. The lowest BCUT2D eigenvalue weighted by Gasteiger charge is -2.27. The van der Waals surface area contributed by atoms with Gasteiger partial charge in [-0.25, -0.2) is 4.79 Å². The summed E-state index contributed by atoms with van der Waals surface area (Å²) < 4.78 is 4.51. The van der Waals surface area contributed by atoms with E-state index in [-0.39, 0.29) is 23.8 Å². The predicted molar refractivity (Wildman–Crippen MR) is 52.0 cm³/mol. The number of Topliss-reactive ketones (excluding diaryl/α,β-unsaturated/α-hetero) is 1. The first-order chi connectivity index (χ1) is 6.63. The largest absolute Gasteiger partial charge is 0.453 e. The molecule has 0 atom stereocenters. The van der Waals surface area contributed by atoms with E-state index in [1.54, 1.807) is 6.92 Å². The summed E-state index contributed by atoms with van der Waals surface area (Å²) in [6.07, 6.45) is 3.13. The van der Waals surface area contributed by atoms with Crippen LogP contribution in [0.1, 0.15) is 32.6 Å². The number of amides is 1. The van der Waals surface area contributed by atoms with Crippen molar-refractivity contribution in [2.75, 3.05) is 7.11 Å². The van der Waals surface area contributed by atoms with Crippen LogP contribution in [-0.4, -0.2) is 25.0 Å². The summed E-state index contributed by atoms with van der Waals surface area (Å²) in [6.45, 7) is 1.64. The highest BCUT2D eigenvalue weighted by atomic mass is 16.5. The summed E-state index contributed by atoms with van der Waals surface area (Å²) in [6, 6.07) is 0.179. The van der Waals surface area contributed by atoms with Crippen LogP contribution in [0.4, 0.5) is 4.79 Å². The van der Waals surface area contributed by atoms with E-state index in [0.29, 0.717) is 0 Å². The highest BCUT2D eigenvalue weighted by Crippen LogP contribution is 2.24. The Bertz CT molecular complexity index is 219. The van der Waals surface area contributed by atoms with Gasteiger partial charge >= 0.3 is 6.09 Å². The van der Waals surface area contributed by atoms with Crippen molar-refractivity contribution in [3.8, 4) is 0 Å². The van der Waals surface area contributed by atoms with E-state index in [0.717, 1.165) is 25.7 Å². The normalized spacial score (nSPS) is 26.7. The number of hydrogen-bond donors (Lipinski definition) is 1. The van der Waals surface area contributed by atoms with Crippen molar-refractivity contribution in [2.45, 2.75) is 38.6 Å². The van der Waals surface area contributed by atoms with Gasteiger partial charge in [-0.05, 0) is 32.6 Å². The number of nitrogens with one attached hydrogen (secondary N) is 1. The maximum Gasteiger partial charge on any atom is 0.407 e. The highest BCUT2D eigenvalue weighted by molar-refractivity contribution is 5.78. The van der Waals surface area contributed by atoms with Gasteiger partial charge in [-0.2, -0.15) is 0 Å². The lowest BCUT2D eigenvalue weighted by atomic mass is 9.84. The number of ether oxygens (including phenoxy) is 1. The van der Waals surface area contributed by atoms with Crippen LogP contribution >= 0.6 is 0 Å². The van der Waals surface area contributed by atoms with E-state index < -0.39 is 0 Å². The summed E-state index contributed by atoms with van der Waals surface area (Å²) in [5, 5.41) is 2.76. The van der Waals surface area contributed by atoms with Crippen LogP contribution in [0, 0.1) is 5.92 Å². The van der Waals surface area contributed by atoms with Crippen LogP contribution in [0.25, 0.3) is 0 Å². The summed E-state index contributed by atoms with van der Waals surface area (Å²) in [4.78, 5) is 22.0. The molecular formula is C10H17NO3. The molecule has 0 saturated heterocycles. The molecule has 1 aliphatic carbocycles. The number of carbonyl (C=O) groups is 2. The second kappa shape index (κ2) is 4.98. The zero-order valence-corrected chi connectivity index (χ0v) is 8.71. The van der Waals surface area contributed by atoms with Gasteiger partial charge in [-0.3, -0.25) is 4.79 Å². The van der Waals surface area contributed by atoms with E-state index in [1.165, 1.54) is 7.11 Å². The molecule has 4 nitrogen and oxygen atoms in total. The number of hydrogen-bond acceptors (Lipinski definition) is 3. The quantitative estimate of drug-likeness (QED) is 0.733. The van der Waals surface area contributed by atoms with Gasteiger partial charge in [0.2, 0.25) is 0 Å². The van der Waals surface area contributed by atoms with Crippen LogP contribution in [0.5, 0.6) is 0 Å². The van der Waals surface area contributed by atoms with Gasteiger partial charge in [0.15, 0.2) is 0 Å². The molecule has 0 bridgehead atoms. The molecule has 1 rings (SSSR count). The second-order valence-electron chi connectivity index (χ2n) is 3.80. The van der Waals surface area contributed by atoms with E-state index in [2.05, 4.69) is 10.1 Å². The van der Waals surface area contributed by atoms with Crippen molar-refractivity contribution in [1.29, 1.82) is 0 Å². The molecule has 14 heavy (non-hydrogen) atoms. The number of rotatable bonds is 2. The third-order valence-electron chi connectivity index (χ3n) is 2.81. The summed E-state index contributed by atoms with van der Waals surface area (Å²) in [5.41, 5.74) is 0. The third-order valence-corrected chi connectivity index (χ3v) is 2.81. The Labute approximate surface area is 84.0 Å². The van der Waals surface area contributed by atoms with Gasteiger partial charge in [0.25, 0.3) is 0 Å². The van der Waals surface area contributed by atoms with Crippen molar-refractivity contribution in [3.63, 3.8) is 0 Å². The van der Waals surface area contributed by atoms with Crippen LogP contribution in [-0.2, 0) is 9.53 Å². The first-order valence-electron chi connectivity index (χ1n) is 4.98. The molecule has 0 spiro atoms. The third kappa shape index (κ3) is 3.01. The van der Waals surface area contributed by atoms with Gasteiger partial charge < -0.3 is 10.1 Å². The van der Waals surface area contributed by atoms with Crippen molar-refractivity contribution in [1.82, 2.24) is 5.32 Å². The zero-order valence-electron chi connectivity index (χ0n) is 8.71. The fourth-order valence-electron chi connectivity index (χ4n) is 1.87. The summed E-state index contributed by atoms with van der Waals surface area (Å²) in [5.74, 6) is 0.465. The average molecular weight is 199 g/mol.